The van der Waals surface area contributed by atoms with Gasteiger partial charge in [0, 0.05) is 35.0 Å². The lowest BCUT2D eigenvalue weighted by molar-refractivity contribution is -0.136. The van der Waals surface area contributed by atoms with Crippen LogP contribution in [0.3, 0.4) is 0 Å². The lowest BCUT2D eigenvalue weighted by Gasteiger charge is -2.39. The predicted octanol–water partition coefficient (Wildman–Crippen LogP) is 3.74. The fourth-order valence-corrected chi connectivity index (χ4v) is 3.86. The summed E-state index contributed by atoms with van der Waals surface area (Å²) in [6, 6.07) is 3.18. The second-order valence-corrected chi connectivity index (χ2v) is 7.59. The van der Waals surface area contributed by atoms with E-state index < -0.39 is 23.5 Å². The van der Waals surface area contributed by atoms with E-state index in [0.29, 0.717) is 29.8 Å². The zero-order valence-corrected chi connectivity index (χ0v) is 15.2. The van der Waals surface area contributed by atoms with E-state index in [9.17, 15) is 18.4 Å². The number of hydrogen-bond acceptors (Lipinski definition) is 4. The van der Waals surface area contributed by atoms with Gasteiger partial charge in [0.15, 0.2) is 5.78 Å². The second-order valence-electron chi connectivity index (χ2n) is 7.59. The van der Waals surface area contributed by atoms with Crippen molar-refractivity contribution < 1.29 is 23.1 Å². The van der Waals surface area contributed by atoms with Crippen molar-refractivity contribution >= 4 is 11.8 Å². The summed E-state index contributed by atoms with van der Waals surface area (Å²) in [5.41, 5.74) is 1.58. The third-order valence-corrected chi connectivity index (χ3v) is 4.92. The number of rotatable bonds is 2. The number of ether oxygens (including phenoxy) is 1. The zero-order valence-electron chi connectivity index (χ0n) is 15.2. The number of allylic oxidation sites excluding steroid dienone is 3. The number of carbonyl (C=O) groups excluding carboxylic acids is 2. The summed E-state index contributed by atoms with van der Waals surface area (Å²) in [6.45, 7) is 5.66. The average molecular weight is 361 g/mol. The Balaban J connectivity index is 2.24. The second kappa shape index (κ2) is 6.34. The van der Waals surface area contributed by atoms with Gasteiger partial charge < -0.3 is 10.1 Å². The van der Waals surface area contributed by atoms with Crippen LogP contribution in [-0.4, -0.2) is 18.9 Å². The van der Waals surface area contributed by atoms with E-state index in [1.807, 2.05) is 13.8 Å². The fraction of sp³-hybridized carbons (Fsp3) is 0.400. The topological polar surface area (TPSA) is 55.4 Å². The highest BCUT2D eigenvalue weighted by Crippen LogP contribution is 2.47. The normalized spacial score (nSPS) is 22.1. The Hall–Kier alpha value is -2.50. The summed E-state index contributed by atoms with van der Waals surface area (Å²) < 4.78 is 32.8. The summed E-state index contributed by atoms with van der Waals surface area (Å²) in [6.07, 6.45) is 0.888. The van der Waals surface area contributed by atoms with E-state index >= 15 is 0 Å². The Kier molecular flexibility index (Phi) is 4.46. The maximum absolute atomic E-state index is 14.6. The Labute approximate surface area is 150 Å². The van der Waals surface area contributed by atoms with Crippen molar-refractivity contribution in [1.82, 2.24) is 5.32 Å². The molecular formula is C20H21F2NO3. The molecule has 0 saturated heterocycles. The molecule has 0 saturated carbocycles. The van der Waals surface area contributed by atoms with Gasteiger partial charge in [0.1, 0.15) is 11.6 Å². The molecule has 0 aromatic heterocycles. The number of Topliss-reactive ketones (excluding diaryl/α,β-unsaturated/α-hetero) is 1. The van der Waals surface area contributed by atoms with Gasteiger partial charge in [-0.25, -0.2) is 13.6 Å². The minimum Gasteiger partial charge on any atom is -0.466 e. The molecule has 1 aromatic rings. The highest BCUT2D eigenvalue weighted by molar-refractivity contribution is 6.04. The first-order valence-electron chi connectivity index (χ1n) is 8.42. The first-order chi connectivity index (χ1) is 12.1. The quantitative estimate of drug-likeness (QED) is 0.816. The maximum atomic E-state index is 14.6. The van der Waals surface area contributed by atoms with Gasteiger partial charge in [0.2, 0.25) is 0 Å². The van der Waals surface area contributed by atoms with Gasteiger partial charge in [-0.1, -0.05) is 19.9 Å². The molecule has 1 unspecified atom stereocenters. The Morgan fingerprint density at radius 1 is 1.27 bits per heavy atom. The number of esters is 1. The number of hydrogen-bond donors (Lipinski definition) is 1. The number of ketones is 1. The molecule has 26 heavy (non-hydrogen) atoms. The van der Waals surface area contributed by atoms with Crippen LogP contribution in [0.1, 0.15) is 45.1 Å². The van der Waals surface area contributed by atoms with E-state index in [-0.39, 0.29) is 22.3 Å². The number of halogens is 2. The Bertz CT molecular complexity index is 868. The van der Waals surface area contributed by atoms with Gasteiger partial charge in [0.05, 0.1) is 18.6 Å². The Morgan fingerprint density at radius 2 is 1.96 bits per heavy atom. The van der Waals surface area contributed by atoms with Crippen LogP contribution < -0.4 is 5.32 Å². The molecule has 1 heterocycles. The number of methoxy groups -OCH3 is 1. The van der Waals surface area contributed by atoms with Crippen molar-refractivity contribution in [3.63, 3.8) is 0 Å². The Morgan fingerprint density at radius 3 is 2.58 bits per heavy atom. The molecule has 2 aliphatic rings. The molecule has 138 valence electrons. The zero-order chi connectivity index (χ0) is 19.2. The van der Waals surface area contributed by atoms with Gasteiger partial charge in [-0.3, -0.25) is 4.79 Å². The van der Waals surface area contributed by atoms with Crippen LogP contribution in [0.2, 0.25) is 0 Å². The highest BCUT2D eigenvalue weighted by Gasteiger charge is 2.43. The monoisotopic (exact) mass is 361 g/mol. The van der Waals surface area contributed by atoms with Crippen LogP contribution in [0.4, 0.5) is 8.78 Å². The molecule has 0 spiro atoms. The average Bonchev–Trinajstić information content (AvgIpc) is 2.51. The molecule has 0 amide bonds. The van der Waals surface area contributed by atoms with E-state index in [4.69, 9.17) is 4.74 Å². The smallest absolute Gasteiger partial charge is 0.336 e. The fourth-order valence-electron chi connectivity index (χ4n) is 3.86. The van der Waals surface area contributed by atoms with Crippen LogP contribution in [0, 0.1) is 17.0 Å². The number of dihydropyridines is 1. The lowest BCUT2D eigenvalue weighted by atomic mass is 9.68. The predicted molar refractivity (Wildman–Crippen MR) is 92.0 cm³/mol. The summed E-state index contributed by atoms with van der Waals surface area (Å²) in [5.74, 6) is -3.22. The van der Waals surface area contributed by atoms with Crippen LogP contribution in [0.5, 0.6) is 0 Å². The SMILES string of the molecule is COC(=O)C1=C(C)NC2=C(C(=O)CC(C)(C)C2)C1c1ccc(F)cc1F. The van der Waals surface area contributed by atoms with Crippen LogP contribution in [0.25, 0.3) is 0 Å². The molecule has 4 nitrogen and oxygen atoms in total. The molecule has 1 atom stereocenters. The van der Waals surface area contributed by atoms with Crippen molar-refractivity contribution in [2.24, 2.45) is 5.41 Å². The van der Waals surface area contributed by atoms with E-state index in [1.54, 1.807) is 6.92 Å². The summed E-state index contributed by atoms with van der Waals surface area (Å²) in [5, 5.41) is 3.14. The standard InChI is InChI=1S/C20H21F2NO3/c1-10-16(19(25)26-4)17(12-6-5-11(21)7-13(12)22)18-14(23-10)8-20(2,3)9-15(18)24/h5-7,17,23H,8-9H2,1-4H3. The molecular weight excluding hydrogens is 340 g/mol. The third kappa shape index (κ3) is 3.04. The van der Waals surface area contributed by atoms with Gasteiger partial charge in [-0.2, -0.15) is 0 Å². The first kappa shape index (κ1) is 18.3. The lowest BCUT2D eigenvalue weighted by Crippen LogP contribution is -2.38. The van der Waals surface area contributed by atoms with Gasteiger partial charge >= 0.3 is 5.97 Å². The van der Waals surface area contributed by atoms with E-state index in [1.165, 1.54) is 13.2 Å². The van der Waals surface area contributed by atoms with Crippen molar-refractivity contribution in [2.75, 3.05) is 7.11 Å². The minimum atomic E-state index is -0.914. The van der Waals surface area contributed by atoms with Crippen LogP contribution >= 0.6 is 0 Å². The van der Waals surface area contributed by atoms with Crippen LogP contribution in [0.15, 0.2) is 40.7 Å². The van der Waals surface area contributed by atoms with E-state index in [0.717, 1.165) is 12.1 Å². The number of carbonyl (C=O) groups is 2. The molecule has 1 aliphatic carbocycles. The van der Waals surface area contributed by atoms with Crippen molar-refractivity contribution in [2.45, 2.75) is 39.5 Å². The van der Waals surface area contributed by atoms with E-state index in [2.05, 4.69) is 5.32 Å². The maximum Gasteiger partial charge on any atom is 0.336 e. The molecule has 6 heteroatoms. The molecule has 1 aliphatic heterocycles. The third-order valence-electron chi connectivity index (χ3n) is 4.92. The first-order valence-corrected chi connectivity index (χ1v) is 8.42. The van der Waals surface area contributed by atoms with Crippen molar-refractivity contribution in [3.05, 3.63) is 57.9 Å². The number of benzene rings is 1. The summed E-state index contributed by atoms with van der Waals surface area (Å²) in [7, 11) is 1.23. The van der Waals surface area contributed by atoms with Gasteiger partial charge in [-0.15, -0.1) is 0 Å². The minimum absolute atomic E-state index is 0.0909. The van der Waals surface area contributed by atoms with Gasteiger partial charge in [-0.05, 0) is 24.8 Å². The highest BCUT2D eigenvalue weighted by atomic mass is 19.1. The molecule has 1 aromatic carbocycles. The van der Waals surface area contributed by atoms with Gasteiger partial charge in [0.25, 0.3) is 0 Å². The summed E-state index contributed by atoms with van der Waals surface area (Å²) in [4.78, 5) is 25.3. The molecule has 0 radical (unpaired) electrons. The largest absolute Gasteiger partial charge is 0.466 e. The number of nitrogens with one attached hydrogen (secondary N) is 1. The van der Waals surface area contributed by atoms with Crippen molar-refractivity contribution in [3.8, 4) is 0 Å². The molecule has 1 N–H and O–H groups in total. The summed E-state index contributed by atoms with van der Waals surface area (Å²) >= 11 is 0. The molecule has 3 rings (SSSR count). The van der Waals surface area contributed by atoms with Crippen molar-refractivity contribution in [1.29, 1.82) is 0 Å². The molecule has 0 bridgehead atoms. The van der Waals surface area contributed by atoms with Crippen LogP contribution in [-0.2, 0) is 14.3 Å². The molecule has 0 fully saturated rings.